The quantitative estimate of drug-likeness (QED) is 0.388. The van der Waals surface area contributed by atoms with Crippen LogP contribution in [0.1, 0.15) is 18.4 Å². The van der Waals surface area contributed by atoms with Crippen LogP contribution in [0, 0.1) is 5.92 Å². The van der Waals surface area contributed by atoms with Crippen molar-refractivity contribution in [1.29, 1.82) is 0 Å². The molecular weight excluding hydrogens is 385 g/mol. The van der Waals surface area contributed by atoms with Crippen LogP contribution >= 0.6 is 11.8 Å². The van der Waals surface area contributed by atoms with E-state index in [-0.39, 0.29) is 35.9 Å². The van der Waals surface area contributed by atoms with E-state index < -0.39 is 0 Å². The molecular formula is C15H20INO2S. The molecule has 1 atom stereocenters. The van der Waals surface area contributed by atoms with Gasteiger partial charge in [0.1, 0.15) is 5.92 Å². The van der Waals surface area contributed by atoms with Gasteiger partial charge in [0.2, 0.25) is 5.04 Å². The number of nitrogens with zero attached hydrogens (tertiary/aromatic N) is 1. The fraction of sp³-hybridized carbons (Fsp3) is 0.467. The lowest BCUT2D eigenvalue weighted by Gasteiger charge is -2.20. The van der Waals surface area contributed by atoms with Crippen LogP contribution in [0.3, 0.4) is 0 Å². The van der Waals surface area contributed by atoms with Gasteiger partial charge in [-0.25, -0.2) is 4.58 Å². The zero-order valence-electron chi connectivity index (χ0n) is 11.8. The molecule has 0 aromatic heterocycles. The molecule has 0 saturated carbocycles. The van der Waals surface area contributed by atoms with Crippen LogP contribution in [0.15, 0.2) is 30.3 Å². The van der Waals surface area contributed by atoms with Crippen molar-refractivity contribution in [2.24, 2.45) is 5.92 Å². The highest BCUT2D eigenvalue weighted by atomic mass is 127. The van der Waals surface area contributed by atoms with Crippen molar-refractivity contribution in [2.75, 3.05) is 19.9 Å². The summed E-state index contributed by atoms with van der Waals surface area (Å²) in [6.07, 6.45) is 3.97. The van der Waals surface area contributed by atoms with E-state index in [2.05, 4.69) is 35.1 Å². The third kappa shape index (κ3) is 4.48. The number of esters is 1. The second-order valence-corrected chi connectivity index (χ2v) is 5.60. The van der Waals surface area contributed by atoms with Crippen LogP contribution in [-0.2, 0) is 16.1 Å². The van der Waals surface area contributed by atoms with Crippen molar-refractivity contribution in [3.05, 3.63) is 35.9 Å². The summed E-state index contributed by atoms with van der Waals surface area (Å²) in [7, 11) is 1.47. The predicted molar refractivity (Wildman–Crippen MR) is 78.5 cm³/mol. The molecule has 1 unspecified atom stereocenters. The summed E-state index contributed by atoms with van der Waals surface area (Å²) in [6.45, 7) is 1.63. The van der Waals surface area contributed by atoms with Gasteiger partial charge in [0.15, 0.2) is 13.1 Å². The average Bonchev–Trinajstić information content (AvgIpc) is 2.47. The van der Waals surface area contributed by atoms with Crippen molar-refractivity contribution in [3.63, 3.8) is 0 Å². The van der Waals surface area contributed by atoms with Gasteiger partial charge in [0.05, 0.1) is 7.11 Å². The van der Waals surface area contributed by atoms with E-state index in [9.17, 15) is 4.79 Å². The fourth-order valence-electron chi connectivity index (χ4n) is 2.46. The van der Waals surface area contributed by atoms with Gasteiger partial charge >= 0.3 is 5.97 Å². The Hall–Kier alpha value is -0.560. The van der Waals surface area contributed by atoms with Crippen LogP contribution in [0.4, 0.5) is 0 Å². The maximum absolute atomic E-state index is 11.7. The Morgan fingerprint density at radius 2 is 2.10 bits per heavy atom. The van der Waals surface area contributed by atoms with Crippen molar-refractivity contribution in [2.45, 2.75) is 19.4 Å². The van der Waals surface area contributed by atoms with Crippen LogP contribution < -0.4 is 24.0 Å². The Labute approximate surface area is 141 Å². The minimum Gasteiger partial charge on any atom is -1.00 e. The number of rotatable bonds is 3. The first-order valence-corrected chi connectivity index (χ1v) is 7.73. The van der Waals surface area contributed by atoms with Crippen molar-refractivity contribution in [1.82, 2.24) is 0 Å². The summed E-state index contributed by atoms with van der Waals surface area (Å²) in [4.78, 5) is 11.7. The molecule has 1 aromatic carbocycles. The number of hydrogen-bond donors (Lipinski definition) is 0. The summed E-state index contributed by atoms with van der Waals surface area (Å²) < 4.78 is 7.19. The minimum absolute atomic E-state index is 0. The smallest absolute Gasteiger partial charge is 0.315 e. The molecule has 0 bridgehead atoms. The summed E-state index contributed by atoms with van der Waals surface area (Å²) in [6, 6.07) is 10.4. The van der Waals surface area contributed by atoms with E-state index in [4.69, 9.17) is 4.74 Å². The lowest BCUT2D eigenvalue weighted by Crippen LogP contribution is -3.00. The van der Waals surface area contributed by atoms with E-state index >= 15 is 0 Å². The largest absolute Gasteiger partial charge is 1.00 e. The van der Waals surface area contributed by atoms with Gasteiger partial charge < -0.3 is 28.7 Å². The molecule has 1 aromatic rings. The van der Waals surface area contributed by atoms with Crippen LogP contribution in [0.25, 0.3) is 0 Å². The zero-order valence-corrected chi connectivity index (χ0v) is 14.8. The molecule has 2 rings (SSSR count). The lowest BCUT2D eigenvalue weighted by atomic mass is 10.00. The van der Waals surface area contributed by atoms with Crippen LogP contribution in [0.5, 0.6) is 0 Å². The van der Waals surface area contributed by atoms with Crippen molar-refractivity contribution in [3.8, 4) is 0 Å². The van der Waals surface area contributed by atoms with E-state index in [1.54, 1.807) is 11.8 Å². The van der Waals surface area contributed by atoms with Gasteiger partial charge in [-0.3, -0.25) is 4.79 Å². The molecule has 1 heterocycles. The SMILES string of the molecule is COC(=O)C1CCC(SC)=[N+](Cc2ccccc2)C1.[I-]. The monoisotopic (exact) mass is 405 g/mol. The first kappa shape index (κ1) is 17.5. The first-order chi connectivity index (χ1) is 9.24. The number of halogens is 1. The first-order valence-electron chi connectivity index (χ1n) is 6.51. The molecule has 5 heteroatoms. The van der Waals surface area contributed by atoms with Gasteiger partial charge in [-0.1, -0.05) is 42.1 Å². The molecule has 0 spiro atoms. The molecule has 0 saturated heterocycles. The molecule has 0 N–H and O–H groups in total. The molecule has 1 aliphatic rings. The maximum Gasteiger partial charge on any atom is 0.315 e. The van der Waals surface area contributed by atoms with Gasteiger partial charge in [-0.15, -0.1) is 0 Å². The van der Waals surface area contributed by atoms with E-state index in [1.165, 1.54) is 17.7 Å². The van der Waals surface area contributed by atoms with Gasteiger partial charge in [-0.2, -0.15) is 0 Å². The van der Waals surface area contributed by atoms with Gasteiger partial charge in [0.25, 0.3) is 0 Å². The highest BCUT2D eigenvalue weighted by Gasteiger charge is 2.32. The molecule has 20 heavy (non-hydrogen) atoms. The molecule has 3 nitrogen and oxygen atoms in total. The van der Waals surface area contributed by atoms with Gasteiger partial charge in [-0.05, 0) is 12.7 Å². The fourth-order valence-corrected chi connectivity index (χ4v) is 3.18. The molecule has 1 aliphatic heterocycles. The lowest BCUT2D eigenvalue weighted by molar-refractivity contribution is -0.551. The zero-order chi connectivity index (χ0) is 13.7. The van der Waals surface area contributed by atoms with E-state index in [0.29, 0.717) is 0 Å². The number of hydrogen-bond acceptors (Lipinski definition) is 3. The predicted octanol–water partition coefficient (Wildman–Crippen LogP) is -0.452. The number of ether oxygens (including phenoxy) is 1. The topological polar surface area (TPSA) is 29.3 Å². The summed E-state index contributed by atoms with van der Waals surface area (Å²) in [5.41, 5.74) is 1.28. The third-order valence-electron chi connectivity index (χ3n) is 3.49. The molecule has 0 fully saturated rings. The van der Waals surface area contributed by atoms with Crippen molar-refractivity contribution >= 4 is 22.8 Å². The maximum atomic E-state index is 11.7. The summed E-state index contributed by atoms with van der Waals surface area (Å²) in [5, 5.41) is 1.36. The Kier molecular flexibility index (Phi) is 7.58. The second kappa shape index (κ2) is 8.67. The average molecular weight is 405 g/mol. The highest BCUT2D eigenvalue weighted by Crippen LogP contribution is 2.21. The van der Waals surface area contributed by atoms with Gasteiger partial charge in [0, 0.05) is 12.0 Å². The molecule has 0 aliphatic carbocycles. The number of methoxy groups -OCH3 is 1. The van der Waals surface area contributed by atoms with Crippen LogP contribution in [0.2, 0.25) is 0 Å². The summed E-state index contributed by atoms with van der Waals surface area (Å²) in [5.74, 6) is -0.0807. The second-order valence-electron chi connectivity index (χ2n) is 4.72. The number of benzene rings is 1. The molecule has 0 amide bonds. The third-order valence-corrected chi connectivity index (χ3v) is 4.42. The Morgan fingerprint density at radius 1 is 1.40 bits per heavy atom. The normalized spacial score (nSPS) is 18.4. The van der Waals surface area contributed by atoms with Crippen LogP contribution in [-0.4, -0.2) is 35.5 Å². The number of carbonyl (C=O) groups excluding carboxylic acids is 1. The van der Waals surface area contributed by atoms with E-state index in [0.717, 1.165) is 25.9 Å². The highest BCUT2D eigenvalue weighted by molar-refractivity contribution is 8.13. The number of carbonyl (C=O) groups is 1. The molecule has 110 valence electrons. The summed E-state index contributed by atoms with van der Waals surface area (Å²) >= 11 is 1.78. The number of thioether (sulfide) groups is 1. The Morgan fingerprint density at radius 3 is 2.70 bits per heavy atom. The van der Waals surface area contributed by atoms with E-state index in [1.807, 2.05) is 6.07 Å². The Bertz CT molecular complexity index is 476. The minimum atomic E-state index is -0.0850. The standard InChI is InChI=1S/C15H20NO2S.HI/c1-18-15(17)13-8-9-14(19-2)16(11-13)10-12-6-4-3-5-7-12;/h3-7,13H,8-11H2,1-2H3;1H/q+1;/p-1. The Balaban J connectivity index is 0.00000200. The van der Waals surface area contributed by atoms with Crippen molar-refractivity contribution < 1.29 is 38.1 Å². The molecule has 0 radical (unpaired) electrons.